The molecule has 0 saturated carbocycles. The van der Waals surface area contributed by atoms with Crippen LogP contribution in [0.4, 0.5) is 5.69 Å². The second kappa shape index (κ2) is 6.72. The average molecular weight is 330 g/mol. The van der Waals surface area contributed by atoms with Gasteiger partial charge in [-0.25, -0.2) is 13.1 Å². The molecule has 0 radical (unpaired) electrons. The fourth-order valence-electron chi connectivity index (χ4n) is 3.05. The van der Waals surface area contributed by atoms with Crippen LogP contribution in [0.2, 0.25) is 0 Å². The molecule has 4 nitrogen and oxygen atoms in total. The van der Waals surface area contributed by atoms with Gasteiger partial charge in [-0.2, -0.15) is 0 Å². The molecule has 23 heavy (non-hydrogen) atoms. The molecule has 1 aliphatic rings. The number of hydrogen-bond donors (Lipinski definition) is 1. The second-order valence-electron chi connectivity index (χ2n) is 6.01. The first-order valence-electron chi connectivity index (χ1n) is 7.89. The highest BCUT2D eigenvalue weighted by molar-refractivity contribution is 7.88. The molecule has 2 aromatic rings. The SMILES string of the molecule is Cc1cccc(CS(=O)(=O)NCCN2CCc3ccccc32)c1. The first-order chi connectivity index (χ1) is 11.0. The number of sulfonamides is 1. The Morgan fingerprint density at radius 3 is 2.78 bits per heavy atom. The van der Waals surface area contributed by atoms with Crippen molar-refractivity contribution < 1.29 is 8.42 Å². The summed E-state index contributed by atoms with van der Waals surface area (Å²) < 4.78 is 27.1. The summed E-state index contributed by atoms with van der Waals surface area (Å²) in [5.41, 5.74) is 4.47. The van der Waals surface area contributed by atoms with E-state index in [0.29, 0.717) is 13.1 Å². The topological polar surface area (TPSA) is 49.4 Å². The normalized spacial score (nSPS) is 14.0. The first-order valence-corrected chi connectivity index (χ1v) is 9.54. The molecule has 2 aromatic carbocycles. The molecule has 1 heterocycles. The Bertz CT molecular complexity index is 787. The van der Waals surface area contributed by atoms with Crippen LogP contribution >= 0.6 is 0 Å². The molecule has 1 N–H and O–H groups in total. The number of benzene rings is 2. The average Bonchev–Trinajstić information content (AvgIpc) is 2.90. The van der Waals surface area contributed by atoms with Crippen LogP contribution < -0.4 is 9.62 Å². The van der Waals surface area contributed by atoms with E-state index < -0.39 is 10.0 Å². The summed E-state index contributed by atoms with van der Waals surface area (Å²) in [4.78, 5) is 2.24. The Labute approximate surface area is 138 Å². The van der Waals surface area contributed by atoms with E-state index in [0.717, 1.165) is 24.1 Å². The molecule has 0 atom stereocenters. The molecule has 3 rings (SSSR count). The van der Waals surface area contributed by atoms with Gasteiger partial charge in [0.1, 0.15) is 0 Å². The standard InChI is InChI=1S/C18H22N2O2S/c1-15-5-4-6-16(13-15)14-23(21,22)19-10-12-20-11-9-17-7-2-3-8-18(17)20/h2-8,13,19H,9-12,14H2,1H3. The monoisotopic (exact) mass is 330 g/mol. The summed E-state index contributed by atoms with van der Waals surface area (Å²) in [5.74, 6) is 0.0330. The van der Waals surface area contributed by atoms with Crippen LogP contribution in [0.3, 0.4) is 0 Å². The molecular weight excluding hydrogens is 308 g/mol. The number of nitrogens with one attached hydrogen (secondary N) is 1. The van der Waals surface area contributed by atoms with Crippen molar-refractivity contribution in [3.63, 3.8) is 0 Å². The smallest absolute Gasteiger partial charge is 0.215 e. The van der Waals surface area contributed by atoms with Crippen molar-refractivity contribution in [2.24, 2.45) is 0 Å². The number of hydrogen-bond acceptors (Lipinski definition) is 3. The molecule has 0 fully saturated rings. The lowest BCUT2D eigenvalue weighted by Gasteiger charge is -2.19. The summed E-state index contributed by atoms with van der Waals surface area (Å²) >= 11 is 0. The van der Waals surface area contributed by atoms with Crippen LogP contribution in [0, 0.1) is 6.92 Å². The summed E-state index contributed by atoms with van der Waals surface area (Å²) in [6, 6.07) is 15.9. The number of rotatable bonds is 6. The minimum Gasteiger partial charge on any atom is -0.370 e. The molecule has 0 aromatic heterocycles. The van der Waals surface area contributed by atoms with Crippen LogP contribution in [0.5, 0.6) is 0 Å². The minimum atomic E-state index is -3.30. The zero-order chi connectivity index (χ0) is 16.3. The van der Waals surface area contributed by atoms with Gasteiger partial charge in [0.15, 0.2) is 0 Å². The predicted octanol–water partition coefficient (Wildman–Crippen LogP) is 2.48. The fourth-order valence-corrected chi connectivity index (χ4v) is 4.17. The Morgan fingerprint density at radius 2 is 1.96 bits per heavy atom. The summed E-state index contributed by atoms with van der Waals surface area (Å²) in [6.07, 6.45) is 1.03. The van der Waals surface area contributed by atoms with Crippen LogP contribution in [-0.2, 0) is 22.2 Å². The number of nitrogens with zero attached hydrogens (tertiary/aromatic N) is 1. The van der Waals surface area contributed by atoms with Crippen molar-refractivity contribution in [1.82, 2.24) is 4.72 Å². The van der Waals surface area contributed by atoms with E-state index in [-0.39, 0.29) is 5.75 Å². The van der Waals surface area contributed by atoms with Crippen LogP contribution in [-0.4, -0.2) is 28.1 Å². The highest BCUT2D eigenvalue weighted by Crippen LogP contribution is 2.26. The maximum absolute atomic E-state index is 12.2. The molecule has 0 spiro atoms. The Balaban J connectivity index is 1.54. The lowest BCUT2D eigenvalue weighted by atomic mass is 10.2. The van der Waals surface area contributed by atoms with E-state index in [1.165, 1.54) is 11.3 Å². The number of aryl methyl sites for hydroxylation is 1. The van der Waals surface area contributed by atoms with E-state index in [1.54, 1.807) is 0 Å². The zero-order valence-corrected chi connectivity index (χ0v) is 14.1. The Morgan fingerprint density at radius 1 is 1.13 bits per heavy atom. The van der Waals surface area contributed by atoms with Gasteiger partial charge < -0.3 is 4.90 Å². The van der Waals surface area contributed by atoms with Crippen molar-refractivity contribution in [2.75, 3.05) is 24.5 Å². The van der Waals surface area contributed by atoms with Gasteiger partial charge in [0, 0.05) is 25.3 Å². The number of fused-ring (bicyclic) bond motifs is 1. The van der Waals surface area contributed by atoms with Crippen molar-refractivity contribution in [2.45, 2.75) is 19.1 Å². The van der Waals surface area contributed by atoms with Gasteiger partial charge in [-0.05, 0) is 30.5 Å². The van der Waals surface area contributed by atoms with Gasteiger partial charge in [0.2, 0.25) is 10.0 Å². The maximum Gasteiger partial charge on any atom is 0.215 e. The maximum atomic E-state index is 12.2. The lowest BCUT2D eigenvalue weighted by Crippen LogP contribution is -2.34. The van der Waals surface area contributed by atoms with Crippen LogP contribution in [0.25, 0.3) is 0 Å². The van der Waals surface area contributed by atoms with E-state index in [4.69, 9.17) is 0 Å². The van der Waals surface area contributed by atoms with Crippen molar-refractivity contribution in [1.29, 1.82) is 0 Å². The summed E-state index contributed by atoms with van der Waals surface area (Å²) in [5, 5.41) is 0. The first kappa shape index (κ1) is 16.0. The van der Waals surface area contributed by atoms with Gasteiger partial charge in [-0.1, -0.05) is 48.0 Å². The Kier molecular flexibility index (Phi) is 4.68. The fraction of sp³-hybridized carbons (Fsp3) is 0.333. The lowest BCUT2D eigenvalue weighted by molar-refractivity contribution is 0.580. The number of anilines is 1. The van der Waals surface area contributed by atoms with Gasteiger partial charge in [-0.15, -0.1) is 0 Å². The third kappa shape index (κ3) is 4.12. The van der Waals surface area contributed by atoms with E-state index >= 15 is 0 Å². The summed E-state index contributed by atoms with van der Waals surface area (Å²) in [7, 11) is -3.30. The summed E-state index contributed by atoms with van der Waals surface area (Å²) in [6.45, 7) is 4.06. The molecule has 0 amide bonds. The number of para-hydroxylation sites is 1. The zero-order valence-electron chi connectivity index (χ0n) is 13.3. The third-order valence-corrected chi connectivity index (χ3v) is 5.48. The third-order valence-electron chi connectivity index (χ3n) is 4.13. The molecule has 0 aliphatic carbocycles. The molecule has 0 unspecified atom stereocenters. The molecule has 1 aliphatic heterocycles. The Hall–Kier alpha value is -1.85. The highest BCUT2D eigenvalue weighted by Gasteiger charge is 2.18. The highest BCUT2D eigenvalue weighted by atomic mass is 32.2. The predicted molar refractivity (Wildman–Crippen MR) is 94.2 cm³/mol. The molecular formula is C18H22N2O2S. The van der Waals surface area contributed by atoms with Gasteiger partial charge in [0.25, 0.3) is 0 Å². The molecule has 122 valence electrons. The van der Waals surface area contributed by atoms with Crippen LogP contribution in [0.1, 0.15) is 16.7 Å². The van der Waals surface area contributed by atoms with Crippen LogP contribution in [0.15, 0.2) is 48.5 Å². The van der Waals surface area contributed by atoms with E-state index in [9.17, 15) is 8.42 Å². The van der Waals surface area contributed by atoms with Gasteiger partial charge in [0.05, 0.1) is 5.75 Å². The largest absolute Gasteiger partial charge is 0.370 e. The van der Waals surface area contributed by atoms with Crippen molar-refractivity contribution in [3.05, 3.63) is 65.2 Å². The minimum absolute atomic E-state index is 0.0330. The second-order valence-corrected chi connectivity index (χ2v) is 7.82. The molecule has 0 saturated heterocycles. The van der Waals surface area contributed by atoms with Gasteiger partial charge in [-0.3, -0.25) is 0 Å². The van der Waals surface area contributed by atoms with E-state index in [2.05, 4.69) is 21.8 Å². The molecule has 5 heteroatoms. The van der Waals surface area contributed by atoms with E-state index in [1.807, 2.05) is 43.3 Å². The van der Waals surface area contributed by atoms with Crippen molar-refractivity contribution >= 4 is 15.7 Å². The quantitative estimate of drug-likeness (QED) is 0.885. The van der Waals surface area contributed by atoms with Gasteiger partial charge >= 0.3 is 0 Å². The molecule has 0 bridgehead atoms. The van der Waals surface area contributed by atoms with Crippen molar-refractivity contribution in [3.8, 4) is 0 Å².